The van der Waals surface area contributed by atoms with Gasteiger partial charge in [-0.2, -0.15) is 0 Å². The van der Waals surface area contributed by atoms with Crippen molar-refractivity contribution >= 4 is 12.1 Å². The van der Waals surface area contributed by atoms with Crippen LogP contribution in [-0.4, -0.2) is 43.0 Å². The Labute approximate surface area is 112 Å². The Hall–Kier alpha value is -1.30. The maximum Gasteiger partial charge on any atom is 0.407 e. The van der Waals surface area contributed by atoms with Crippen LogP contribution < -0.4 is 5.32 Å². The van der Waals surface area contributed by atoms with Crippen LogP contribution in [0.3, 0.4) is 0 Å². The molecule has 0 aromatic heterocycles. The zero-order valence-corrected chi connectivity index (χ0v) is 11.8. The number of fused-ring (bicyclic) bond motifs is 2. The number of ether oxygens (including phenoxy) is 3. The third-order valence-electron chi connectivity index (χ3n) is 3.43. The zero-order valence-electron chi connectivity index (χ0n) is 11.8. The van der Waals surface area contributed by atoms with E-state index in [4.69, 9.17) is 14.2 Å². The molecule has 2 fully saturated rings. The molecular weight excluding hydrogens is 250 g/mol. The molecule has 0 saturated carbocycles. The van der Waals surface area contributed by atoms with E-state index in [0.29, 0.717) is 0 Å². The zero-order chi connectivity index (χ0) is 14.2. The van der Waals surface area contributed by atoms with Crippen molar-refractivity contribution in [2.75, 3.05) is 7.11 Å². The Balaban J connectivity index is 2.02. The lowest BCUT2D eigenvalue weighted by Gasteiger charge is -2.28. The van der Waals surface area contributed by atoms with Crippen LogP contribution in [0.15, 0.2) is 0 Å². The number of amides is 1. The topological polar surface area (TPSA) is 73.9 Å². The number of methoxy groups -OCH3 is 1. The molecule has 0 spiro atoms. The molecule has 4 atom stereocenters. The van der Waals surface area contributed by atoms with Gasteiger partial charge in [0.15, 0.2) is 0 Å². The summed E-state index contributed by atoms with van der Waals surface area (Å²) in [6.07, 6.45) is 0.872. The van der Waals surface area contributed by atoms with Gasteiger partial charge in [0.05, 0.1) is 25.4 Å². The van der Waals surface area contributed by atoms with Crippen LogP contribution in [0.4, 0.5) is 4.79 Å². The molecule has 2 aliphatic rings. The molecule has 2 saturated heterocycles. The van der Waals surface area contributed by atoms with Crippen LogP contribution in [0.2, 0.25) is 0 Å². The highest BCUT2D eigenvalue weighted by Gasteiger charge is 2.53. The minimum atomic E-state index is -0.566. The second-order valence-corrected chi connectivity index (χ2v) is 6.01. The lowest BCUT2D eigenvalue weighted by Crippen LogP contribution is -2.51. The van der Waals surface area contributed by atoms with Gasteiger partial charge in [0.25, 0.3) is 0 Å². The Morgan fingerprint density at radius 3 is 2.42 bits per heavy atom. The number of alkyl carbamates (subject to hydrolysis) is 1. The van der Waals surface area contributed by atoms with Gasteiger partial charge < -0.3 is 19.5 Å². The first-order valence-electron chi connectivity index (χ1n) is 6.54. The molecule has 0 aromatic rings. The van der Waals surface area contributed by atoms with Gasteiger partial charge in [0.1, 0.15) is 11.5 Å². The lowest BCUT2D eigenvalue weighted by molar-refractivity contribution is -0.147. The van der Waals surface area contributed by atoms with Gasteiger partial charge >= 0.3 is 12.1 Å². The molecule has 0 radical (unpaired) electrons. The molecule has 2 bridgehead atoms. The molecule has 2 heterocycles. The molecule has 6 heteroatoms. The normalized spacial score (nSPS) is 33.1. The van der Waals surface area contributed by atoms with E-state index < -0.39 is 17.6 Å². The van der Waals surface area contributed by atoms with Gasteiger partial charge in [0, 0.05) is 0 Å². The number of esters is 1. The lowest BCUT2D eigenvalue weighted by atomic mass is 9.84. The summed E-state index contributed by atoms with van der Waals surface area (Å²) in [5.74, 6) is -0.774. The van der Waals surface area contributed by atoms with E-state index in [1.54, 1.807) is 20.8 Å². The van der Waals surface area contributed by atoms with E-state index in [2.05, 4.69) is 5.32 Å². The Bertz CT molecular complexity index is 376. The molecule has 2 aliphatic heterocycles. The monoisotopic (exact) mass is 271 g/mol. The summed E-state index contributed by atoms with van der Waals surface area (Å²) in [6.45, 7) is 5.38. The second kappa shape index (κ2) is 5.00. The fourth-order valence-corrected chi connectivity index (χ4v) is 2.74. The Kier molecular flexibility index (Phi) is 3.71. The van der Waals surface area contributed by atoms with E-state index in [0.717, 1.165) is 12.8 Å². The number of nitrogens with one attached hydrogen (secondary N) is 1. The highest BCUT2D eigenvalue weighted by atomic mass is 16.6. The quantitative estimate of drug-likeness (QED) is 0.765. The predicted molar refractivity (Wildman–Crippen MR) is 66.6 cm³/mol. The molecular formula is C13H21NO5. The van der Waals surface area contributed by atoms with Gasteiger partial charge in [-0.1, -0.05) is 0 Å². The van der Waals surface area contributed by atoms with Crippen LogP contribution in [-0.2, 0) is 19.0 Å². The molecule has 0 aromatic carbocycles. The summed E-state index contributed by atoms with van der Waals surface area (Å²) >= 11 is 0. The number of hydrogen-bond donors (Lipinski definition) is 1. The SMILES string of the molecule is COC(=O)C1C2CCC(O2)C1NC(=O)OC(C)(C)C. The minimum Gasteiger partial charge on any atom is -0.469 e. The highest BCUT2D eigenvalue weighted by molar-refractivity contribution is 5.76. The molecule has 1 N–H and O–H groups in total. The van der Waals surface area contributed by atoms with Crippen LogP contribution in [0.5, 0.6) is 0 Å². The van der Waals surface area contributed by atoms with Crippen LogP contribution in [0.1, 0.15) is 33.6 Å². The maximum atomic E-state index is 11.8. The van der Waals surface area contributed by atoms with E-state index >= 15 is 0 Å². The van der Waals surface area contributed by atoms with Crippen molar-refractivity contribution < 1.29 is 23.8 Å². The molecule has 19 heavy (non-hydrogen) atoms. The minimum absolute atomic E-state index is 0.124. The smallest absolute Gasteiger partial charge is 0.407 e. The fraction of sp³-hybridized carbons (Fsp3) is 0.846. The summed E-state index contributed by atoms with van der Waals surface area (Å²) in [6, 6.07) is -0.360. The average molecular weight is 271 g/mol. The first-order chi connectivity index (χ1) is 8.81. The van der Waals surface area contributed by atoms with Crippen molar-refractivity contribution in [2.45, 2.75) is 57.5 Å². The fourth-order valence-electron chi connectivity index (χ4n) is 2.74. The van der Waals surface area contributed by atoms with E-state index in [9.17, 15) is 9.59 Å². The van der Waals surface area contributed by atoms with E-state index in [1.165, 1.54) is 7.11 Å². The first kappa shape index (κ1) is 14.1. The number of carbonyl (C=O) groups excluding carboxylic acids is 2. The van der Waals surface area contributed by atoms with E-state index in [1.807, 2.05) is 0 Å². The van der Waals surface area contributed by atoms with Gasteiger partial charge in [-0.3, -0.25) is 4.79 Å². The van der Waals surface area contributed by atoms with Crippen molar-refractivity contribution in [2.24, 2.45) is 5.92 Å². The van der Waals surface area contributed by atoms with Crippen molar-refractivity contribution in [3.8, 4) is 0 Å². The Morgan fingerprint density at radius 1 is 1.21 bits per heavy atom. The average Bonchev–Trinajstić information content (AvgIpc) is 2.85. The largest absolute Gasteiger partial charge is 0.469 e. The van der Waals surface area contributed by atoms with Crippen LogP contribution in [0, 0.1) is 5.92 Å². The summed E-state index contributed by atoms with van der Waals surface area (Å²) in [4.78, 5) is 23.6. The van der Waals surface area contributed by atoms with Crippen molar-refractivity contribution in [3.63, 3.8) is 0 Å². The van der Waals surface area contributed by atoms with Crippen molar-refractivity contribution in [1.29, 1.82) is 0 Å². The van der Waals surface area contributed by atoms with E-state index in [-0.39, 0.29) is 24.2 Å². The number of rotatable bonds is 2. The first-order valence-corrected chi connectivity index (χ1v) is 6.54. The van der Waals surface area contributed by atoms with Crippen molar-refractivity contribution in [3.05, 3.63) is 0 Å². The number of hydrogen-bond acceptors (Lipinski definition) is 5. The molecule has 108 valence electrons. The highest BCUT2D eigenvalue weighted by Crippen LogP contribution is 2.39. The molecule has 4 unspecified atom stereocenters. The number of carbonyl (C=O) groups is 2. The predicted octanol–water partition coefficient (Wildman–Crippen LogP) is 1.23. The van der Waals surface area contributed by atoms with Crippen LogP contribution in [0.25, 0.3) is 0 Å². The van der Waals surface area contributed by atoms with Gasteiger partial charge in [-0.05, 0) is 33.6 Å². The van der Waals surface area contributed by atoms with Crippen LogP contribution >= 0.6 is 0 Å². The third kappa shape index (κ3) is 3.00. The molecule has 0 aliphatic carbocycles. The second-order valence-electron chi connectivity index (χ2n) is 6.01. The van der Waals surface area contributed by atoms with Gasteiger partial charge in [0.2, 0.25) is 0 Å². The van der Waals surface area contributed by atoms with Gasteiger partial charge in [-0.15, -0.1) is 0 Å². The van der Waals surface area contributed by atoms with Gasteiger partial charge in [-0.25, -0.2) is 4.79 Å². The summed E-state index contributed by atoms with van der Waals surface area (Å²) in [5.41, 5.74) is -0.566. The summed E-state index contributed by atoms with van der Waals surface area (Å²) < 4.78 is 15.7. The Morgan fingerprint density at radius 2 is 1.84 bits per heavy atom. The summed E-state index contributed by atoms with van der Waals surface area (Å²) in [5, 5.41) is 2.75. The van der Waals surface area contributed by atoms with Crippen molar-refractivity contribution in [1.82, 2.24) is 5.32 Å². The summed E-state index contributed by atoms with van der Waals surface area (Å²) in [7, 11) is 1.35. The molecule has 6 nitrogen and oxygen atoms in total. The maximum absolute atomic E-state index is 11.8. The molecule has 1 amide bonds. The third-order valence-corrected chi connectivity index (χ3v) is 3.43. The molecule has 2 rings (SSSR count). The standard InChI is InChI=1S/C13H21NO5/c1-13(2,3)19-12(16)14-10-8-6-5-7(18-8)9(10)11(15)17-4/h7-10H,5-6H2,1-4H3,(H,14,16).